The molecule has 0 saturated carbocycles. The summed E-state index contributed by atoms with van der Waals surface area (Å²) in [5, 5.41) is 5.93. The number of fused-ring (bicyclic) bond motifs is 3. The average Bonchev–Trinajstić information content (AvgIpc) is 3.71. The molecule has 0 saturated heterocycles. The molecule has 0 amide bonds. The van der Waals surface area contributed by atoms with E-state index < -0.39 is 0 Å². The number of hydrogen-bond donors (Lipinski definition) is 0. The first-order chi connectivity index (χ1) is 20.6. The van der Waals surface area contributed by atoms with Crippen LogP contribution in [0.4, 0.5) is 0 Å². The van der Waals surface area contributed by atoms with Gasteiger partial charge >= 0.3 is 99.2 Å². The van der Waals surface area contributed by atoms with E-state index in [1.54, 1.807) is 27.6 Å². The summed E-state index contributed by atoms with van der Waals surface area (Å²) < 4.78 is 1.42. The molecule has 0 N–H and O–H groups in total. The molecule has 44 heavy (non-hydrogen) atoms. The Kier molecular flexibility index (Phi) is 14.2. The van der Waals surface area contributed by atoms with Gasteiger partial charge in [0.25, 0.3) is 0 Å². The zero-order valence-electron chi connectivity index (χ0n) is 26.5. The third kappa shape index (κ3) is 7.67. The Morgan fingerprint density at radius 1 is 0.727 bits per heavy atom. The second-order valence-corrected chi connectivity index (χ2v) is 12.5. The van der Waals surface area contributed by atoms with Gasteiger partial charge in [-0.3, -0.25) is 0 Å². The summed E-state index contributed by atoms with van der Waals surface area (Å²) in [6, 6.07) is 30.7. The minimum atomic E-state index is 0. The van der Waals surface area contributed by atoms with Crippen molar-refractivity contribution >= 4 is 30.3 Å². The monoisotopic (exact) mass is 695 g/mol. The Hall–Kier alpha value is -2.44. The fourth-order valence-electron chi connectivity index (χ4n) is 6.56. The van der Waals surface area contributed by atoms with Crippen LogP contribution in [0.1, 0.15) is 85.9 Å². The summed E-state index contributed by atoms with van der Waals surface area (Å²) in [4.78, 5) is 0. The quantitative estimate of drug-likeness (QED) is 0.193. The molecule has 3 heteroatoms. The summed E-state index contributed by atoms with van der Waals surface area (Å²) in [5.41, 5.74) is 12.0. The summed E-state index contributed by atoms with van der Waals surface area (Å²) in [5.74, 6) is 0. The first kappa shape index (κ1) is 36.0. The molecule has 0 aliphatic heterocycles. The van der Waals surface area contributed by atoms with E-state index in [-0.39, 0.29) is 24.8 Å². The molecule has 0 bridgehead atoms. The molecule has 0 radical (unpaired) electrons. The Bertz CT molecular complexity index is 1700. The average molecular weight is 698 g/mol. The van der Waals surface area contributed by atoms with Crippen molar-refractivity contribution in [3.05, 3.63) is 142 Å². The van der Waals surface area contributed by atoms with Crippen molar-refractivity contribution in [2.24, 2.45) is 0 Å². The molecule has 0 nitrogen and oxygen atoms in total. The zero-order chi connectivity index (χ0) is 29.5. The third-order valence-electron chi connectivity index (χ3n) is 8.54. The third-order valence-corrected chi connectivity index (χ3v) is 9.95. The number of hydrogen-bond acceptors (Lipinski definition) is 0. The predicted molar refractivity (Wildman–Crippen MR) is 182 cm³/mol. The Morgan fingerprint density at radius 3 is 1.86 bits per heavy atom. The molecule has 5 aromatic rings. The van der Waals surface area contributed by atoms with E-state index in [1.807, 2.05) is 0 Å². The molecule has 6 rings (SSSR count). The van der Waals surface area contributed by atoms with Gasteiger partial charge in [0.2, 0.25) is 0 Å². The predicted octanol–water partition coefficient (Wildman–Crippen LogP) is 4.90. The van der Waals surface area contributed by atoms with Crippen LogP contribution in [0.25, 0.3) is 27.1 Å². The van der Waals surface area contributed by atoms with Crippen LogP contribution in [0.5, 0.6) is 0 Å². The van der Waals surface area contributed by atoms with Crippen molar-refractivity contribution in [1.82, 2.24) is 0 Å². The van der Waals surface area contributed by atoms with E-state index in [2.05, 4.69) is 131 Å². The molecule has 226 valence electrons. The van der Waals surface area contributed by atoms with Crippen molar-refractivity contribution < 1.29 is 49.0 Å². The van der Waals surface area contributed by atoms with Gasteiger partial charge in [-0.15, -0.1) is 33.7 Å². The fourth-order valence-corrected chi connectivity index (χ4v) is 7.38. The minimum absolute atomic E-state index is 0. The van der Waals surface area contributed by atoms with Crippen LogP contribution in [-0.4, -0.2) is 3.21 Å². The first-order valence-corrected chi connectivity index (χ1v) is 17.1. The van der Waals surface area contributed by atoms with Gasteiger partial charge in [0.15, 0.2) is 0 Å². The van der Waals surface area contributed by atoms with Crippen molar-refractivity contribution in [2.45, 2.75) is 72.6 Å². The second-order valence-electron chi connectivity index (χ2n) is 11.3. The zero-order valence-corrected chi connectivity index (χ0v) is 30.5. The summed E-state index contributed by atoms with van der Waals surface area (Å²) in [7, 11) is 0. The summed E-state index contributed by atoms with van der Waals surface area (Å²) in [6.07, 6.45) is 15.0. The van der Waals surface area contributed by atoms with E-state index in [4.69, 9.17) is 0 Å². The number of allylic oxidation sites excluding steroid dienone is 4. The molecule has 0 atom stereocenters. The Balaban J connectivity index is 0.000000280. The van der Waals surface area contributed by atoms with Gasteiger partial charge in [-0.2, -0.15) is 0 Å². The Labute approximate surface area is 292 Å². The summed E-state index contributed by atoms with van der Waals surface area (Å²) in [6.45, 7) is 9.25. The van der Waals surface area contributed by atoms with Crippen LogP contribution < -0.4 is 24.8 Å². The number of aryl methyl sites for hydroxylation is 2. The van der Waals surface area contributed by atoms with Gasteiger partial charge in [-0.25, -0.2) is 0 Å². The van der Waals surface area contributed by atoms with E-state index in [0.29, 0.717) is 0 Å². The van der Waals surface area contributed by atoms with E-state index >= 15 is 0 Å². The number of benzene rings is 4. The van der Waals surface area contributed by atoms with Gasteiger partial charge in [-0.1, -0.05) is 104 Å². The molecule has 1 aliphatic rings. The van der Waals surface area contributed by atoms with Gasteiger partial charge in [-0.05, 0) is 32.1 Å². The van der Waals surface area contributed by atoms with Gasteiger partial charge < -0.3 is 24.8 Å². The molecule has 0 aromatic heterocycles. The number of halogens is 2. The summed E-state index contributed by atoms with van der Waals surface area (Å²) >= 11 is 1.46. The van der Waals surface area contributed by atoms with Crippen molar-refractivity contribution in [3.8, 4) is 0 Å². The van der Waals surface area contributed by atoms with E-state index in [9.17, 15) is 0 Å². The van der Waals surface area contributed by atoms with Crippen LogP contribution >= 0.6 is 0 Å². The first-order valence-electron chi connectivity index (χ1n) is 15.8. The second kappa shape index (κ2) is 17.3. The van der Waals surface area contributed by atoms with Crippen molar-refractivity contribution in [1.29, 1.82) is 0 Å². The van der Waals surface area contributed by atoms with Gasteiger partial charge in [0.1, 0.15) is 0 Å². The van der Waals surface area contributed by atoms with Crippen molar-refractivity contribution in [2.75, 3.05) is 0 Å². The molecular formula is C41H43Cl2Zr-. The fraction of sp³-hybridized carbons (Fsp3) is 0.268. The SMILES string of the molecule is CCCc1c(CC)c(C2=CC=CC2)c2[cH-]c3cc(CC)ccc3c2c1CCC.[Cl-].[Cl-].[Zr+2]=[C](c1ccccc1)c1ccccc1. The molecular weight excluding hydrogens is 655 g/mol. The van der Waals surface area contributed by atoms with Crippen LogP contribution in [0, 0.1) is 0 Å². The maximum atomic E-state index is 2.49. The molecule has 1 aliphatic carbocycles. The normalized spacial score (nSPS) is 11.9. The van der Waals surface area contributed by atoms with Crippen LogP contribution in [0.3, 0.4) is 0 Å². The standard InChI is InChI=1S/C28H33.C13H10.2ClH.Zr/c1-5-11-24-22(8-4)27(20-13-9-10-14-20)26-18-21-17-19(7-3)15-16-23(21)28(26)25(24)12-6-2;1-3-7-12(8-4-1)11-13-9-5-2-6-10-13;;;/h9-10,13,15-18H,5-8,11-12,14H2,1-4H3;1-10H;2*1H;/q-1;;;;+2/p-2. The van der Waals surface area contributed by atoms with Crippen LogP contribution in [0.2, 0.25) is 0 Å². The van der Waals surface area contributed by atoms with Crippen molar-refractivity contribution in [3.63, 3.8) is 0 Å². The topological polar surface area (TPSA) is 0 Å². The number of rotatable bonds is 9. The van der Waals surface area contributed by atoms with Gasteiger partial charge in [0.05, 0.1) is 0 Å². The van der Waals surface area contributed by atoms with Crippen LogP contribution in [0.15, 0.2) is 103 Å². The molecule has 0 unspecified atom stereocenters. The molecule has 0 spiro atoms. The maximum absolute atomic E-state index is 2.49. The Morgan fingerprint density at radius 2 is 1.34 bits per heavy atom. The molecule has 0 heterocycles. The molecule has 0 fully saturated rings. The van der Waals surface area contributed by atoms with E-state index in [0.717, 1.165) is 19.3 Å². The van der Waals surface area contributed by atoms with Gasteiger partial charge in [0, 0.05) is 0 Å². The van der Waals surface area contributed by atoms with E-state index in [1.165, 1.54) is 91.5 Å². The molecule has 5 aromatic carbocycles. The van der Waals surface area contributed by atoms with Crippen LogP contribution in [-0.2, 0) is 49.9 Å².